The second kappa shape index (κ2) is 9.52. The molecule has 1 heterocycles. The van der Waals surface area contributed by atoms with Crippen molar-refractivity contribution in [3.8, 4) is 5.69 Å². The molecule has 3 aromatic rings. The maximum absolute atomic E-state index is 13.3. The van der Waals surface area contributed by atoms with Gasteiger partial charge in [0.15, 0.2) is 5.78 Å². The minimum absolute atomic E-state index is 0.00226. The van der Waals surface area contributed by atoms with E-state index < -0.39 is 33.8 Å². The van der Waals surface area contributed by atoms with Gasteiger partial charge in [-0.1, -0.05) is 45.7 Å². The molecule has 0 saturated carbocycles. The molecule has 1 aromatic heterocycles. The normalized spacial score (nSPS) is 12.3. The summed E-state index contributed by atoms with van der Waals surface area (Å²) in [5, 5.41) is 2.79. The number of benzene rings is 2. The van der Waals surface area contributed by atoms with Crippen LogP contribution in [-0.2, 0) is 6.18 Å². The third-order valence-electron chi connectivity index (χ3n) is 5.01. The molecule has 5 nitrogen and oxygen atoms in total. The van der Waals surface area contributed by atoms with Crippen LogP contribution in [0.4, 0.5) is 13.2 Å². The van der Waals surface area contributed by atoms with Gasteiger partial charge in [0.25, 0.3) is 11.5 Å². The second-order valence-electron chi connectivity index (χ2n) is 7.10. The van der Waals surface area contributed by atoms with E-state index in [1.807, 2.05) is 0 Å². The van der Waals surface area contributed by atoms with Crippen LogP contribution in [0.2, 0.25) is 5.02 Å². The van der Waals surface area contributed by atoms with Crippen molar-refractivity contribution in [2.75, 3.05) is 7.05 Å². The fourth-order valence-corrected chi connectivity index (χ4v) is 3.98. The fourth-order valence-electron chi connectivity index (χ4n) is 3.30. The van der Waals surface area contributed by atoms with Gasteiger partial charge in [-0.15, -0.1) is 0 Å². The number of halogens is 5. The molecule has 1 atom stereocenters. The number of aromatic nitrogens is 1. The number of nitrogens with one attached hydrogen (secondary N) is 1. The number of ketones is 1. The summed E-state index contributed by atoms with van der Waals surface area (Å²) in [6, 6.07) is 11.8. The van der Waals surface area contributed by atoms with Crippen LogP contribution in [0.3, 0.4) is 0 Å². The Bertz CT molecular complexity index is 1290. The zero-order valence-electron chi connectivity index (χ0n) is 17.3. The van der Waals surface area contributed by atoms with Crippen LogP contribution in [0.5, 0.6) is 0 Å². The first kappa shape index (κ1) is 24.7. The summed E-state index contributed by atoms with van der Waals surface area (Å²) in [5.74, 6) is -1.26. The lowest BCUT2D eigenvalue weighted by atomic mass is 9.99. The molecule has 10 heteroatoms. The fraction of sp³-hybridized carbons (Fsp3) is 0.174. The van der Waals surface area contributed by atoms with Gasteiger partial charge < -0.3 is 5.32 Å². The molecule has 172 valence electrons. The van der Waals surface area contributed by atoms with Crippen molar-refractivity contribution in [3.63, 3.8) is 0 Å². The molecule has 0 saturated heterocycles. The number of rotatable bonds is 5. The summed E-state index contributed by atoms with van der Waals surface area (Å²) < 4.78 is 40.7. The van der Waals surface area contributed by atoms with Gasteiger partial charge in [0.2, 0.25) is 0 Å². The molecule has 0 aliphatic heterocycles. The number of alkyl halides is 4. The maximum atomic E-state index is 13.3. The Hall–Kier alpha value is -2.91. The van der Waals surface area contributed by atoms with E-state index in [1.165, 1.54) is 20.0 Å². The Morgan fingerprint density at radius 1 is 1.06 bits per heavy atom. The Kier molecular flexibility index (Phi) is 7.14. The van der Waals surface area contributed by atoms with E-state index >= 15 is 0 Å². The Labute approximate surface area is 200 Å². The van der Waals surface area contributed by atoms with Crippen LogP contribution in [0.25, 0.3) is 5.69 Å². The topological polar surface area (TPSA) is 68.2 Å². The highest BCUT2D eigenvalue weighted by molar-refractivity contribution is 9.09. The van der Waals surface area contributed by atoms with Crippen molar-refractivity contribution in [2.45, 2.75) is 17.9 Å². The molecule has 0 aliphatic carbocycles. The van der Waals surface area contributed by atoms with E-state index in [-0.39, 0.29) is 22.5 Å². The lowest BCUT2D eigenvalue weighted by Crippen LogP contribution is -2.33. The van der Waals surface area contributed by atoms with Gasteiger partial charge in [-0.3, -0.25) is 19.0 Å². The van der Waals surface area contributed by atoms with Crippen molar-refractivity contribution < 1.29 is 22.8 Å². The molecule has 0 bridgehead atoms. The number of carbonyl (C=O) groups excluding carboxylic acids is 2. The average molecular weight is 542 g/mol. The molecule has 0 aliphatic rings. The van der Waals surface area contributed by atoms with Crippen LogP contribution in [-0.4, -0.2) is 23.3 Å². The molecular formula is C23H17BrClF3N2O3. The van der Waals surface area contributed by atoms with E-state index in [2.05, 4.69) is 21.2 Å². The van der Waals surface area contributed by atoms with Crippen LogP contribution in [0, 0.1) is 6.92 Å². The van der Waals surface area contributed by atoms with Crippen LogP contribution >= 0.6 is 27.5 Å². The lowest BCUT2D eigenvalue weighted by molar-refractivity contribution is -0.137. The highest BCUT2D eigenvalue weighted by atomic mass is 79.9. The number of nitrogens with zero attached hydrogens (tertiary/aromatic N) is 1. The first-order valence-electron chi connectivity index (χ1n) is 9.55. The Balaban J connectivity index is 2.24. The zero-order chi connectivity index (χ0) is 24.5. The van der Waals surface area contributed by atoms with E-state index in [1.54, 1.807) is 24.3 Å². The number of carbonyl (C=O) groups is 2. The van der Waals surface area contributed by atoms with Crippen LogP contribution in [0.15, 0.2) is 59.4 Å². The molecule has 0 fully saturated rings. The Morgan fingerprint density at radius 2 is 1.70 bits per heavy atom. The van der Waals surface area contributed by atoms with Crippen molar-refractivity contribution >= 4 is 39.2 Å². The van der Waals surface area contributed by atoms with Gasteiger partial charge >= 0.3 is 6.18 Å². The summed E-state index contributed by atoms with van der Waals surface area (Å²) >= 11 is 9.23. The highest BCUT2D eigenvalue weighted by Crippen LogP contribution is 2.32. The van der Waals surface area contributed by atoms with E-state index in [9.17, 15) is 27.6 Å². The van der Waals surface area contributed by atoms with Gasteiger partial charge in [0.1, 0.15) is 10.4 Å². The maximum Gasteiger partial charge on any atom is 0.416 e. The van der Waals surface area contributed by atoms with Gasteiger partial charge in [0.05, 0.1) is 5.56 Å². The molecule has 1 unspecified atom stereocenters. The highest BCUT2D eigenvalue weighted by Gasteiger charge is 2.31. The molecule has 33 heavy (non-hydrogen) atoms. The quantitative estimate of drug-likeness (QED) is 0.343. The van der Waals surface area contributed by atoms with E-state index in [0.717, 1.165) is 28.8 Å². The summed E-state index contributed by atoms with van der Waals surface area (Å²) in [6.45, 7) is 1.43. The van der Waals surface area contributed by atoms with E-state index in [0.29, 0.717) is 10.6 Å². The van der Waals surface area contributed by atoms with Gasteiger partial charge in [0, 0.05) is 29.0 Å². The minimum atomic E-state index is -4.64. The smallest absolute Gasteiger partial charge is 0.355 e. The van der Waals surface area contributed by atoms with Crippen molar-refractivity contribution in [2.24, 2.45) is 0 Å². The molecule has 0 radical (unpaired) electrons. The molecule has 0 spiro atoms. The number of Topliss-reactive ketones (excluding diaryl/α,β-unsaturated/α-hetero) is 1. The second-order valence-corrected chi connectivity index (χ2v) is 8.46. The molecule has 1 N–H and O–H groups in total. The van der Waals surface area contributed by atoms with Crippen molar-refractivity contribution in [3.05, 3.63) is 97.9 Å². The molecule has 3 rings (SSSR count). The molecule has 1 amide bonds. The monoisotopic (exact) mass is 540 g/mol. The first-order valence-corrected chi connectivity index (χ1v) is 10.8. The van der Waals surface area contributed by atoms with E-state index in [4.69, 9.17) is 11.6 Å². The minimum Gasteiger partial charge on any atom is -0.355 e. The van der Waals surface area contributed by atoms with Crippen LogP contribution in [0.1, 0.15) is 42.4 Å². The average Bonchev–Trinajstić information content (AvgIpc) is 2.78. The lowest BCUT2D eigenvalue weighted by Gasteiger charge is -2.18. The Morgan fingerprint density at radius 3 is 2.27 bits per heavy atom. The number of pyridine rings is 1. The van der Waals surface area contributed by atoms with Gasteiger partial charge in [-0.2, -0.15) is 13.2 Å². The number of amides is 1. The summed E-state index contributed by atoms with van der Waals surface area (Å²) in [6.07, 6.45) is -4.64. The predicted molar refractivity (Wildman–Crippen MR) is 123 cm³/mol. The molecular weight excluding hydrogens is 525 g/mol. The third kappa shape index (κ3) is 5.04. The molecule has 2 aromatic carbocycles. The third-order valence-corrected chi connectivity index (χ3v) is 6.21. The first-order chi connectivity index (χ1) is 15.5. The number of hydrogen-bond acceptors (Lipinski definition) is 3. The standard InChI is InChI=1S/C23H17BrClF3N2O3/c1-12-17(20(31)19(24)13-6-8-15(25)9-7-13)11-18(21(32)29-2)22(33)30(12)16-5-3-4-14(10-16)23(26,27)28/h3-11,19H,1-2H3,(H,29,32). The van der Waals surface area contributed by atoms with Crippen molar-refractivity contribution in [1.29, 1.82) is 0 Å². The largest absolute Gasteiger partial charge is 0.416 e. The number of hydrogen-bond donors (Lipinski definition) is 1. The summed E-state index contributed by atoms with van der Waals surface area (Å²) in [7, 11) is 1.30. The SMILES string of the molecule is CNC(=O)c1cc(C(=O)C(Br)c2ccc(Cl)cc2)c(C)n(-c2cccc(C(F)(F)F)c2)c1=O. The van der Waals surface area contributed by atoms with Gasteiger partial charge in [-0.25, -0.2) is 0 Å². The van der Waals surface area contributed by atoms with Gasteiger partial charge in [-0.05, 0) is 48.9 Å². The van der Waals surface area contributed by atoms with Crippen LogP contribution < -0.4 is 10.9 Å². The van der Waals surface area contributed by atoms with Crippen molar-refractivity contribution in [1.82, 2.24) is 9.88 Å². The summed E-state index contributed by atoms with van der Waals surface area (Å²) in [4.78, 5) is 37.9. The summed E-state index contributed by atoms with van der Waals surface area (Å²) in [5.41, 5.74) is -1.64. The zero-order valence-corrected chi connectivity index (χ0v) is 19.7. The predicted octanol–water partition coefficient (Wildman–Crippen LogP) is 5.50.